The summed E-state index contributed by atoms with van der Waals surface area (Å²) < 4.78 is 5.41. The first-order valence-electron chi connectivity index (χ1n) is 9.26. The monoisotopic (exact) mass is 343 g/mol. The third-order valence-electron chi connectivity index (χ3n) is 5.36. The molecule has 3 heterocycles. The Morgan fingerprint density at radius 2 is 2.12 bits per heavy atom. The summed E-state index contributed by atoms with van der Waals surface area (Å²) in [7, 11) is 0. The zero-order chi connectivity index (χ0) is 17.1. The van der Waals surface area contributed by atoms with Gasteiger partial charge in [0.1, 0.15) is 0 Å². The minimum atomic E-state index is -0.175. The molecule has 25 heavy (non-hydrogen) atoms. The fraction of sp³-hybridized carbons (Fsp3) is 0.611. The summed E-state index contributed by atoms with van der Waals surface area (Å²) in [6, 6.07) is 1.95. The van der Waals surface area contributed by atoms with Crippen LogP contribution in [-0.2, 0) is 11.2 Å². The second kappa shape index (κ2) is 7.39. The van der Waals surface area contributed by atoms with Gasteiger partial charge in [-0.3, -0.25) is 15.0 Å². The molecule has 2 fully saturated rings. The summed E-state index contributed by atoms with van der Waals surface area (Å²) in [4.78, 5) is 12.6. The standard InChI is InChI=1S/C18H25N5O2/c24-18(15-10-19-23-17(15)13-6-7-25-11-13)20-16-9-14(21-22-16)8-12-4-2-1-3-5-12/h9-10,12-13H,1-8,11H2,(H,19,23)(H2,20,21,22,24)/t13-/m0/s1. The molecule has 0 unspecified atom stereocenters. The number of ether oxygens (including phenoxy) is 1. The van der Waals surface area contributed by atoms with E-state index in [0.29, 0.717) is 18.0 Å². The Morgan fingerprint density at radius 1 is 1.24 bits per heavy atom. The van der Waals surface area contributed by atoms with Gasteiger partial charge in [-0.2, -0.15) is 10.2 Å². The minimum Gasteiger partial charge on any atom is -0.381 e. The van der Waals surface area contributed by atoms with E-state index in [1.807, 2.05) is 6.07 Å². The SMILES string of the molecule is O=C(Nc1cc(CC2CCCCC2)[nH]n1)c1cn[nH]c1[C@H]1CCOC1. The van der Waals surface area contributed by atoms with Crippen LogP contribution >= 0.6 is 0 Å². The largest absolute Gasteiger partial charge is 0.381 e. The van der Waals surface area contributed by atoms with Crippen molar-refractivity contribution in [1.29, 1.82) is 0 Å². The Morgan fingerprint density at radius 3 is 2.92 bits per heavy atom. The average molecular weight is 343 g/mol. The van der Waals surface area contributed by atoms with Crippen molar-refractivity contribution in [3.63, 3.8) is 0 Å². The summed E-state index contributed by atoms with van der Waals surface area (Å²) in [6.07, 6.45) is 10.1. The number of H-pyrrole nitrogens is 2. The van der Waals surface area contributed by atoms with Crippen molar-refractivity contribution in [1.82, 2.24) is 20.4 Å². The highest BCUT2D eigenvalue weighted by molar-refractivity contribution is 6.04. The van der Waals surface area contributed by atoms with Crippen LogP contribution in [0.1, 0.15) is 66.2 Å². The van der Waals surface area contributed by atoms with Crippen molar-refractivity contribution in [2.24, 2.45) is 5.92 Å². The van der Waals surface area contributed by atoms with Crippen LogP contribution in [0.4, 0.5) is 5.82 Å². The molecule has 0 spiro atoms. The fourth-order valence-corrected chi connectivity index (χ4v) is 3.97. The van der Waals surface area contributed by atoms with E-state index in [0.717, 1.165) is 36.8 Å². The van der Waals surface area contributed by atoms with E-state index in [4.69, 9.17) is 4.74 Å². The average Bonchev–Trinajstić information content (AvgIpc) is 3.37. The van der Waals surface area contributed by atoms with Gasteiger partial charge in [-0.25, -0.2) is 0 Å². The second-order valence-electron chi connectivity index (χ2n) is 7.20. The lowest BCUT2D eigenvalue weighted by Crippen LogP contribution is -2.15. The molecule has 7 nitrogen and oxygen atoms in total. The molecule has 1 saturated heterocycles. The number of amides is 1. The minimum absolute atomic E-state index is 0.175. The molecule has 1 atom stereocenters. The number of rotatable bonds is 5. The Balaban J connectivity index is 1.39. The molecule has 0 bridgehead atoms. The maximum absolute atomic E-state index is 12.6. The van der Waals surface area contributed by atoms with Crippen molar-refractivity contribution >= 4 is 11.7 Å². The van der Waals surface area contributed by atoms with Crippen LogP contribution in [0.3, 0.4) is 0 Å². The van der Waals surface area contributed by atoms with E-state index >= 15 is 0 Å². The predicted molar refractivity (Wildman–Crippen MR) is 93.6 cm³/mol. The number of carbonyl (C=O) groups excluding carboxylic acids is 1. The van der Waals surface area contributed by atoms with Gasteiger partial charge in [-0.1, -0.05) is 32.1 Å². The fourth-order valence-electron chi connectivity index (χ4n) is 3.97. The van der Waals surface area contributed by atoms with Crippen molar-refractivity contribution in [3.05, 3.63) is 29.2 Å². The number of anilines is 1. The molecular weight excluding hydrogens is 318 g/mol. The van der Waals surface area contributed by atoms with Gasteiger partial charge in [-0.05, 0) is 18.8 Å². The molecule has 1 saturated carbocycles. The number of aromatic amines is 2. The molecule has 4 rings (SSSR count). The van der Waals surface area contributed by atoms with E-state index in [9.17, 15) is 4.79 Å². The summed E-state index contributed by atoms with van der Waals surface area (Å²) in [5.41, 5.74) is 2.53. The molecule has 0 radical (unpaired) electrons. The number of nitrogens with zero attached hydrogens (tertiary/aromatic N) is 2. The van der Waals surface area contributed by atoms with Crippen LogP contribution in [0.5, 0.6) is 0 Å². The van der Waals surface area contributed by atoms with Gasteiger partial charge in [0.25, 0.3) is 5.91 Å². The molecule has 2 aromatic heterocycles. The summed E-state index contributed by atoms with van der Waals surface area (Å²) in [6.45, 7) is 1.37. The highest BCUT2D eigenvalue weighted by atomic mass is 16.5. The number of carbonyl (C=O) groups is 1. The van der Waals surface area contributed by atoms with Gasteiger partial charge < -0.3 is 10.1 Å². The topological polar surface area (TPSA) is 95.7 Å². The van der Waals surface area contributed by atoms with Crippen LogP contribution in [0, 0.1) is 5.92 Å². The lowest BCUT2D eigenvalue weighted by atomic mass is 9.86. The Labute approximate surface area is 146 Å². The zero-order valence-electron chi connectivity index (χ0n) is 14.4. The Kier molecular flexibility index (Phi) is 4.83. The molecule has 7 heteroatoms. The van der Waals surface area contributed by atoms with E-state index < -0.39 is 0 Å². The highest BCUT2D eigenvalue weighted by Gasteiger charge is 2.25. The Bertz CT molecular complexity index is 711. The second-order valence-corrected chi connectivity index (χ2v) is 7.20. The lowest BCUT2D eigenvalue weighted by Gasteiger charge is -2.20. The van der Waals surface area contributed by atoms with Gasteiger partial charge in [0.05, 0.1) is 24.1 Å². The lowest BCUT2D eigenvalue weighted by molar-refractivity contribution is 0.102. The van der Waals surface area contributed by atoms with Gasteiger partial charge in [0.2, 0.25) is 0 Å². The molecule has 134 valence electrons. The first kappa shape index (κ1) is 16.3. The van der Waals surface area contributed by atoms with E-state index in [-0.39, 0.29) is 11.8 Å². The van der Waals surface area contributed by atoms with Gasteiger partial charge >= 0.3 is 0 Å². The van der Waals surface area contributed by atoms with Crippen molar-refractivity contribution in [3.8, 4) is 0 Å². The van der Waals surface area contributed by atoms with Crippen molar-refractivity contribution in [2.75, 3.05) is 18.5 Å². The smallest absolute Gasteiger partial charge is 0.260 e. The first-order valence-corrected chi connectivity index (χ1v) is 9.26. The number of aromatic nitrogens is 4. The number of hydrogen-bond donors (Lipinski definition) is 3. The van der Waals surface area contributed by atoms with E-state index in [2.05, 4.69) is 25.7 Å². The highest BCUT2D eigenvalue weighted by Crippen LogP contribution is 2.28. The maximum atomic E-state index is 12.6. The number of hydrogen-bond acceptors (Lipinski definition) is 4. The normalized spacial score (nSPS) is 21.5. The molecule has 2 aromatic rings. The van der Waals surface area contributed by atoms with Crippen LogP contribution in [0.2, 0.25) is 0 Å². The van der Waals surface area contributed by atoms with Crippen LogP contribution in [-0.4, -0.2) is 39.5 Å². The molecule has 3 N–H and O–H groups in total. The van der Waals surface area contributed by atoms with Gasteiger partial charge in [0, 0.05) is 24.3 Å². The third kappa shape index (κ3) is 3.76. The molecular formula is C18H25N5O2. The quantitative estimate of drug-likeness (QED) is 0.777. The van der Waals surface area contributed by atoms with Crippen LogP contribution < -0.4 is 5.32 Å². The molecule has 1 amide bonds. The summed E-state index contributed by atoms with van der Waals surface area (Å²) in [5, 5.41) is 17.2. The molecule has 1 aliphatic carbocycles. The first-order chi connectivity index (χ1) is 12.3. The van der Waals surface area contributed by atoms with Crippen molar-refractivity contribution < 1.29 is 9.53 Å². The summed E-state index contributed by atoms with van der Waals surface area (Å²) >= 11 is 0. The molecule has 1 aliphatic heterocycles. The Hall–Kier alpha value is -2.15. The molecule has 2 aliphatic rings. The predicted octanol–water partition coefficient (Wildman–Crippen LogP) is 3.01. The van der Waals surface area contributed by atoms with Gasteiger partial charge in [0.15, 0.2) is 5.82 Å². The van der Waals surface area contributed by atoms with Crippen molar-refractivity contribution in [2.45, 2.75) is 50.9 Å². The third-order valence-corrected chi connectivity index (χ3v) is 5.36. The van der Waals surface area contributed by atoms with Crippen LogP contribution in [0.25, 0.3) is 0 Å². The zero-order valence-corrected chi connectivity index (χ0v) is 14.4. The van der Waals surface area contributed by atoms with E-state index in [1.54, 1.807) is 6.20 Å². The number of nitrogens with one attached hydrogen (secondary N) is 3. The van der Waals surface area contributed by atoms with Crippen LogP contribution in [0.15, 0.2) is 12.3 Å². The van der Waals surface area contributed by atoms with Gasteiger partial charge in [-0.15, -0.1) is 0 Å². The molecule has 0 aromatic carbocycles. The van der Waals surface area contributed by atoms with E-state index in [1.165, 1.54) is 32.1 Å². The summed E-state index contributed by atoms with van der Waals surface area (Å²) in [5.74, 6) is 1.35. The maximum Gasteiger partial charge on any atom is 0.260 e.